The van der Waals surface area contributed by atoms with Crippen molar-refractivity contribution in [3.63, 3.8) is 0 Å². The Balaban J connectivity index is 2.19. The monoisotopic (exact) mass is 300 g/mol. The number of alkyl halides is 2. The van der Waals surface area contributed by atoms with E-state index in [0.717, 1.165) is 13.0 Å². The molecule has 0 aromatic carbocycles. The summed E-state index contributed by atoms with van der Waals surface area (Å²) in [5.41, 5.74) is 0. The fraction of sp³-hybridized carbons (Fsp3) is 1.00. The summed E-state index contributed by atoms with van der Waals surface area (Å²) in [6.45, 7) is 4.57. The van der Waals surface area contributed by atoms with E-state index in [4.69, 9.17) is 9.47 Å². The van der Waals surface area contributed by atoms with Gasteiger partial charge in [0.15, 0.2) is 5.79 Å². The molecule has 0 aliphatic heterocycles. The van der Waals surface area contributed by atoms with Gasteiger partial charge in [-0.2, -0.15) is 0 Å². The SMILES string of the molecule is COC(C)(C)OCC1CC1(Br)Br. The maximum Gasteiger partial charge on any atom is 0.162 e. The molecule has 0 saturated heterocycles. The molecule has 0 amide bonds. The van der Waals surface area contributed by atoms with Crippen LogP contribution in [-0.4, -0.2) is 22.7 Å². The summed E-state index contributed by atoms with van der Waals surface area (Å²) in [5.74, 6) is 0.102. The van der Waals surface area contributed by atoms with Crippen LogP contribution >= 0.6 is 31.9 Å². The summed E-state index contributed by atoms with van der Waals surface area (Å²) >= 11 is 7.08. The molecule has 1 aliphatic carbocycles. The van der Waals surface area contributed by atoms with Crippen molar-refractivity contribution < 1.29 is 9.47 Å². The highest BCUT2D eigenvalue weighted by atomic mass is 79.9. The zero-order valence-electron chi connectivity index (χ0n) is 7.56. The highest BCUT2D eigenvalue weighted by molar-refractivity contribution is 9.25. The van der Waals surface area contributed by atoms with E-state index < -0.39 is 5.79 Å². The second-order valence-electron chi connectivity index (χ2n) is 3.58. The van der Waals surface area contributed by atoms with E-state index in [0.29, 0.717) is 5.92 Å². The first-order valence-electron chi connectivity index (χ1n) is 3.94. The van der Waals surface area contributed by atoms with Crippen LogP contribution in [0.2, 0.25) is 0 Å². The van der Waals surface area contributed by atoms with E-state index in [9.17, 15) is 0 Å². The Morgan fingerprint density at radius 2 is 2.00 bits per heavy atom. The van der Waals surface area contributed by atoms with E-state index in [1.165, 1.54) is 0 Å². The molecule has 1 unspecified atom stereocenters. The van der Waals surface area contributed by atoms with E-state index in [-0.39, 0.29) is 3.23 Å². The first kappa shape index (κ1) is 11.0. The zero-order chi connectivity index (χ0) is 9.41. The van der Waals surface area contributed by atoms with Crippen LogP contribution in [0.4, 0.5) is 0 Å². The smallest absolute Gasteiger partial charge is 0.162 e. The van der Waals surface area contributed by atoms with Gasteiger partial charge in [0.2, 0.25) is 0 Å². The van der Waals surface area contributed by atoms with Gasteiger partial charge < -0.3 is 9.47 Å². The van der Waals surface area contributed by atoms with E-state index in [1.807, 2.05) is 13.8 Å². The molecular formula is C8H14Br2O2. The third-order valence-electron chi connectivity index (χ3n) is 2.08. The summed E-state index contributed by atoms with van der Waals surface area (Å²) in [4.78, 5) is 0. The Labute approximate surface area is 90.3 Å². The van der Waals surface area contributed by atoms with Gasteiger partial charge in [0, 0.05) is 13.0 Å². The average molecular weight is 302 g/mol. The predicted octanol–water partition coefficient (Wildman–Crippen LogP) is 2.89. The fourth-order valence-corrected chi connectivity index (χ4v) is 1.86. The Bertz CT molecular complexity index is 168. The van der Waals surface area contributed by atoms with Gasteiger partial charge in [-0.05, 0) is 20.3 Å². The van der Waals surface area contributed by atoms with Crippen molar-refractivity contribution in [1.29, 1.82) is 0 Å². The molecule has 0 aromatic rings. The molecule has 2 nitrogen and oxygen atoms in total. The van der Waals surface area contributed by atoms with Crippen molar-refractivity contribution in [2.45, 2.75) is 29.3 Å². The molecule has 72 valence electrons. The first-order chi connectivity index (χ1) is 5.37. The Kier molecular flexibility index (Phi) is 3.25. The van der Waals surface area contributed by atoms with Crippen LogP contribution in [0.15, 0.2) is 0 Å². The van der Waals surface area contributed by atoms with Gasteiger partial charge in [-0.3, -0.25) is 0 Å². The number of ether oxygens (including phenoxy) is 2. The molecule has 1 atom stereocenters. The highest BCUT2D eigenvalue weighted by Gasteiger charge is 2.50. The van der Waals surface area contributed by atoms with Crippen molar-refractivity contribution in [1.82, 2.24) is 0 Å². The molecule has 1 rings (SSSR count). The third kappa shape index (κ3) is 2.98. The van der Waals surface area contributed by atoms with Gasteiger partial charge in [-0.25, -0.2) is 0 Å². The summed E-state index contributed by atoms with van der Waals surface area (Å²) in [6.07, 6.45) is 1.12. The van der Waals surface area contributed by atoms with Crippen molar-refractivity contribution in [3.8, 4) is 0 Å². The molecule has 0 aromatic heterocycles. The summed E-state index contributed by atoms with van der Waals surface area (Å²) < 4.78 is 10.8. The van der Waals surface area contributed by atoms with Crippen molar-refractivity contribution in [2.75, 3.05) is 13.7 Å². The Hall–Kier alpha value is 0.880. The van der Waals surface area contributed by atoms with Gasteiger partial charge in [0.25, 0.3) is 0 Å². The highest BCUT2D eigenvalue weighted by Crippen LogP contribution is 2.56. The summed E-state index contributed by atoms with van der Waals surface area (Å²) in [5, 5.41) is 0. The van der Waals surface area contributed by atoms with E-state index >= 15 is 0 Å². The number of rotatable bonds is 4. The second-order valence-corrected chi connectivity index (χ2v) is 7.47. The van der Waals surface area contributed by atoms with Crippen LogP contribution in [-0.2, 0) is 9.47 Å². The van der Waals surface area contributed by atoms with Gasteiger partial charge in [0.05, 0.1) is 9.84 Å². The van der Waals surface area contributed by atoms with Crippen molar-refractivity contribution in [2.24, 2.45) is 5.92 Å². The number of methoxy groups -OCH3 is 1. The van der Waals surface area contributed by atoms with E-state index in [1.54, 1.807) is 7.11 Å². The lowest BCUT2D eigenvalue weighted by atomic mass is 10.4. The minimum Gasteiger partial charge on any atom is -0.354 e. The molecule has 12 heavy (non-hydrogen) atoms. The zero-order valence-corrected chi connectivity index (χ0v) is 10.7. The van der Waals surface area contributed by atoms with E-state index in [2.05, 4.69) is 31.9 Å². The van der Waals surface area contributed by atoms with Gasteiger partial charge >= 0.3 is 0 Å². The molecule has 1 fully saturated rings. The van der Waals surface area contributed by atoms with Crippen LogP contribution in [0.3, 0.4) is 0 Å². The molecular weight excluding hydrogens is 288 g/mol. The van der Waals surface area contributed by atoms with Crippen LogP contribution < -0.4 is 0 Å². The van der Waals surface area contributed by atoms with Crippen molar-refractivity contribution in [3.05, 3.63) is 0 Å². The third-order valence-corrected chi connectivity index (χ3v) is 4.02. The fourth-order valence-electron chi connectivity index (χ4n) is 0.811. The van der Waals surface area contributed by atoms with Crippen LogP contribution in [0.5, 0.6) is 0 Å². The molecule has 1 saturated carbocycles. The largest absolute Gasteiger partial charge is 0.354 e. The summed E-state index contributed by atoms with van der Waals surface area (Å²) in [7, 11) is 1.66. The predicted molar refractivity (Wildman–Crippen MR) is 55.7 cm³/mol. The van der Waals surface area contributed by atoms with Gasteiger partial charge in [0.1, 0.15) is 0 Å². The lowest BCUT2D eigenvalue weighted by Gasteiger charge is -2.23. The van der Waals surface area contributed by atoms with Crippen LogP contribution in [0, 0.1) is 5.92 Å². The normalized spacial score (nSPS) is 27.2. The standard InChI is InChI=1S/C8H14Br2O2/c1-7(2,11-3)12-5-6-4-8(6,9)10/h6H,4-5H2,1-3H3. The van der Waals surface area contributed by atoms with Crippen LogP contribution in [0.25, 0.3) is 0 Å². The van der Waals surface area contributed by atoms with Crippen LogP contribution in [0.1, 0.15) is 20.3 Å². The minimum atomic E-state index is -0.460. The number of hydrogen-bond acceptors (Lipinski definition) is 2. The van der Waals surface area contributed by atoms with Gasteiger partial charge in [-0.1, -0.05) is 31.9 Å². The van der Waals surface area contributed by atoms with Crippen molar-refractivity contribution >= 4 is 31.9 Å². The second kappa shape index (κ2) is 3.56. The lowest BCUT2D eigenvalue weighted by Crippen LogP contribution is -2.28. The molecule has 0 bridgehead atoms. The Morgan fingerprint density at radius 3 is 2.33 bits per heavy atom. The Morgan fingerprint density at radius 1 is 1.50 bits per heavy atom. The average Bonchev–Trinajstić information content (AvgIpc) is 2.56. The summed E-state index contributed by atoms with van der Waals surface area (Å²) in [6, 6.07) is 0. The maximum absolute atomic E-state index is 5.56. The number of halogens is 2. The molecule has 4 heteroatoms. The minimum absolute atomic E-state index is 0.129. The molecule has 0 spiro atoms. The molecule has 1 aliphatic rings. The topological polar surface area (TPSA) is 18.5 Å². The number of hydrogen-bond donors (Lipinski definition) is 0. The maximum atomic E-state index is 5.56. The first-order valence-corrected chi connectivity index (χ1v) is 5.53. The quantitative estimate of drug-likeness (QED) is 0.587. The van der Waals surface area contributed by atoms with Gasteiger partial charge in [-0.15, -0.1) is 0 Å². The molecule has 0 radical (unpaired) electrons. The molecule has 0 heterocycles. The molecule has 0 N–H and O–H groups in total. The lowest BCUT2D eigenvalue weighted by molar-refractivity contribution is -0.199.